The first-order chi connectivity index (χ1) is 24.1. The van der Waals surface area contributed by atoms with E-state index in [2.05, 4.69) is 4.90 Å². The van der Waals surface area contributed by atoms with Gasteiger partial charge in [-0.2, -0.15) is 40.2 Å². The van der Waals surface area contributed by atoms with Crippen LogP contribution in [0.1, 0.15) is 77.3 Å². The van der Waals surface area contributed by atoms with E-state index in [4.69, 9.17) is 14.2 Å². The summed E-state index contributed by atoms with van der Waals surface area (Å²) in [7, 11) is 0. The number of ether oxygens (including phenoxy) is 3. The Kier molecular flexibility index (Phi) is 25.2. The fraction of sp³-hybridized carbons (Fsp3) is 0.632. The van der Waals surface area contributed by atoms with Gasteiger partial charge in [0.2, 0.25) is 0 Å². The normalized spacial score (nSPS) is 17.4. The number of alkyl halides is 6. The number of carbonyl (C=O) groups excluding carboxylic acids is 1. The molecule has 0 spiro atoms. The van der Waals surface area contributed by atoms with E-state index in [-0.39, 0.29) is 71.9 Å². The Balaban J connectivity index is 0.000000822. The van der Waals surface area contributed by atoms with Crippen molar-refractivity contribution in [2.45, 2.75) is 84.2 Å². The average molecular weight is 794 g/mol. The Morgan fingerprint density at radius 3 is 1.49 bits per heavy atom. The number of rotatable bonds is 9. The van der Waals surface area contributed by atoms with Crippen LogP contribution in [-0.4, -0.2) is 115 Å². The van der Waals surface area contributed by atoms with E-state index in [1.54, 1.807) is 0 Å². The van der Waals surface area contributed by atoms with Crippen LogP contribution in [0.3, 0.4) is 0 Å². The van der Waals surface area contributed by atoms with Gasteiger partial charge in [0, 0.05) is 65.3 Å². The predicted octanol–water partition coefficient (Wildman–Crippen LogP) is 4.97. The third-order valence-electron chi connectivity index (χ3n) is 8.75. The van der Waals surface area contributed by atoms with Crippen LogP contribution in [0.25, 0.3) is 0 Å². The molecule has 5 rings (SSSR count). The van der Waals surface area contributed by atoms with Gasteiger partial charge in [-0.3, -0.25) is 14.6 Å². The second-order valence-electron chi connectivity index (χ2n) is 13.1. The van der Waals surface area contributed by atoms with Gasteiger partial charge in [0.05, 0.1) is 16.7 Å². The molecule has 298 valence electrons. The standard InChI is InChI=1S/C17H24F3NO2.C14H16F3NO2.C4H8O.C3H7.ClH.Mg/c1-13(2)16(22)7-9-21(10-8-16)11-12-23-15-6-4-3-5-14(15)17(18,19)20;15-14(16,17)12-3-1-2-4-13(12)20-10-9-18-7-5-11(19)6-8-18;1-2-4-5-3-1;1-3-2;;/h3-6,13,22H,7-12H2,1-2H3;1-4H,5-10H2;1-4H2;3H,1-2H3;1H;/q;;;-1;;+2/p-1. The number of carbonyl (C=O) groups is 1. The summed E-state index contributed by atoms with van der Waals surface area (Å²) in [5.41, 5.74) is -2.12. The minimum atomic E-state index is -4.41. The molecule has 0 amide bonds. The molecule has 3 saturated heterocycles. The van der Waals surface area contributed by atoms with Crippen molar-refractivity contribution in [3.05, 3.63) is 66.1 Å². The third kappa shape index (κ3) is 19.6. The van der Waals surface area contributed by atoms with E-state index in [1.807, 2.05) is 39.0 Å². The van der Waals surface area contributed by atoms with Crippen LogP contribution in [0.4, 0.5) is 26.3 Å². The van der Waals surface area contributed by atoms with Gasteiger partial charge in [-0.1, -0.05) is 38.1 Å². The van der Waals surface area contributed by atoms with Gasteiger partial charge in [-0.05, 0) is 55.9 Å². The Morgan fingerprint density at radius 2 is 1.15 bits per heavy atom. The molecule has 0 unspecified atom stereocenters. The SMILES string of the molecule is C1CCOC1.CC(C)C1(O)CCN(CCOc2ccccc2C(F)(F)F)CC1.C[CH-]C.O=C1CCN(CCOc2ccccc2C(F)(F)F)CC1.[Cl-].[Mg+2]. The average Bonchev–Trinajstić information content (AvgIpc) is 3.68. The summed E-state index contributed by atoms with van der Waals surface area (Å²) in [5.74, 6) is 0.174. The molecule has 0 saturated carbocycles. The fourth-order valence-electron chi connectivity index (χ4n) is 5.50. The number of aliphatic hydroxyl groups is 1. The topological polar surface area (TPSA) is 71.5 Å². The molecule has 3 aliphatic heterocycles. The summed E-state index contributed by atoms with van der Waals surface area (Å²) in [6.45, 7) is 14.3. The number of halogens is 7. The van der Waals surface area contributed by atoms with Gasteiger partial charge in [0.1, 0.15) is 30.5 Å². The van der Waals surface area contributed by atoms with Crippen molar-refractivity contribution in [2.75, 3.05) is 65.7 Å². The molecule has 0 bridgehead atoms. The number of likely N-dealkylation sites (tertiary alicyclic amines) is 2. The number of nitrogens with zero attached hydrogens (tertiary/aromatic N) is 2. The maximum atomic E-state index is 12.9. The number of piperidine rings is 2. The van der Waals surface area contributed by atoms with Crippen molar-refractivity contribution in [1.82, 2.24) is 9.80 Å². The van der Waals surface area contributed by atoms with Crippen LogP contribution in [0.5, 0.6) is 11.5 Å². The molecule has 53 heavy (non-hydrogen) atoms. The fourth-order valence-corrected chi connectivity index (χ4v) is 5.50. The molecule has 7 nitrogen and oxygen atoms in total. The minimum absolute atomic E-state index is 0. The molecule has 3 aliphatic rings. The number of para-hydroxylation sites is 2. The molecule has 3 fully saturated rings. The second kappa shape index (κ2) is 26.1. The van der Waals surface area contributed by atoms with Crippen LogP contribution in [0.15, 0.2) is 48.5 Å². The summed E-state index contributed by atoms with van der Waals surface area (Å²) in [6, 6.07) is 10.4. The van der Waals surface area contributed by atoms with Gasteiger partial charge in [0.25, 0.3) is 0 Å². The summed E-state index contributed by atoms with van der Waals surface area (Å²) >= 11 is 0. The summed E-state index contributed by atoms with van der Waals surface area (Å²) in [5, 5.41) is 10.4. The Morgan fingerprint density at radius 1 is 0.774 bits per heavy atom. The van der Waals surface area contributed by atoms with E-state index >= 15 is 0 Å². The van der Waals surface area contributed by atoms with Crippen molar-refractivity contribution in [2.24, 2.45) is 5.92 Å². The zero-order chi connectivity index (χ0) is 37.9. The maximum absolute atomic E-state index is 12.9. The molecule has 0 aromatic heterocycles. The Labute approximate surface area is 333 Å². The van der Waals surface area contributed by atoms with Crippen molar-refractivity contribution < 1.29 is 62.9 Å². The predicted molar refractivity (Wildman–Crippen MR) is 191 cm³/mol. The van der Waals surface area contributed by atoms with Crippen molar-refractivity contribution >= 4 is 28.8 Å². The molecular weight excluding hydrogens is 738 g/mol. The number of hydrogen-bond donors (Lipinski definition) is 1. The quantitative estimate of drug-likeness (QED) is 0.219. The van der Waals surface area contributed by atoms with Crippen LogP contribution in [-0.2, 0) is 21.9 Å². The van der Waals surface area contributed by atoms with Crippen molar-refractivity contribution in [3.63, 3.8) is 0 Å². The minimum Gasteiger partial charge on any atom is -1.00 e. The van der Waals surface area contributed by atoms with E-state index < -0.39 is 29.1 Å². The summed E-state index contributed by atoms with van der Waals surface area (Å²) < 4.78 is 92.4. The van der Waals surface area contributed by atoms with E-state index in [0.717, 1.165) is 38.4 Å². The third-order valence-corrected chi connectivity index (χ3v) is 8.75. The van der Waals surface area contributed by atoms with E-state index in [0.29, 0.717) is 51.9 Å². The Hall–Kier alpha value is -1.81. The molecule has 1 N–H and O–H groups in total. The maximum Gasteiger partial charge on any atom is 2.00 e. The molecule has 15 heteroatoms. The van der Waals surface area contributed by atoms with Gasteiger partial charge in [-0.25, -0.2) is 0 Å². The smallest absolute Gasteiger partial charge is 1.00 e. The van der Waals surface area contributed by atoms with E-state index in [1.165, 1.54) is 49.2 Å². The molecule has 0 atom stereocenters. The molecule has 0 aliphatic carbocycles. The number of Topliss-reactive ketones (excluding diaryl/α,β-unsaturated/α-hetero) is 1. The zero-order valence-corrected chi connectivity index (χ0v) is 33.6. The number of ketones is 1. The zero-order valence-electron chi connectivity index (χ0n) is 31.4. The van der Waals surface area contributed by atoms with Gasteiger partial charge < -0.3 is 38.1 Å². The van der Waals surface area contributed by atoms with Gasteiger partial charge in [0.15, 0.2) is 0 Å². The van der Waals surface area contributed by atoms with Crippen LogP contribution >= 0.6 is 0 Å². The molecular formula is C38H55ClF6MgN2O5. The molecule has 2 aromatic carbocycles. The summed E-state index contributed by atoms with van der Waals surface area (Å²) in [4.78, 5) is 15.2. The first-order valence-electron chi connectivity index (χ1n) is 17.7. The van der Waals surface area contributed by atoms with Crippen LogP contribution < -0.4 is 21.9 Å². The monoisotopic (exact) mass is 792 g/mol. The first-order valence-corrected chi connectivity index (χ1v) is 17.7. The largest absolute Gasteiger partial charge is 2.00 e. The van der Waals surface area contributed by atoms with Crippen LogP contribution in [0, 0.1) is 12.3 Å². The Bertz CT molecular complexity index is 1260. The number of benzene rings is 2. The van der Waals surface area contributed by atoms with E-state index in [9.17, 15) is 36.2 Å². The number of hydrogen-bond acceptors (Lipinski definition) is 7. The molecule has 0 radical (unpaired) electrons. The van der Waals surface area contributed by atoms with Crippen LogP contribution in [0.2, 0.25) is 0 Å². The summed E-state index contributed by atoms with van der Waals surface area (Å²) in [6.07, 6.45) is -1.87. The van der Waals surface area contributed by atoms with Crippen molar-refractivity contribution in [3.8, 4) is 11.5 Å². The molecule has 2 aromatic rings. The molecule has 3 heterocycles. The van der Waals surface area contributed by atoms with Crippen molar-refractivity contribution in [1.29, 1.82) is 0 Å². The van der Waals surface area contributed by atoms with Gasteiger partial charge in [-0.15, -0.1) is 0 Å². The second-order valence-corrected chi connectivity index (χ2v) is 13.1. The first kappa shape index (κ1) is 51.2. The van der Waals surface area contributed by atoms with Gasteiger partial charge >= 0.3 is 35.4 Å².